The average molecular weight is 274 g/mol. The van der Waals surface area contributed by atoms with E-state index in [1.165, 1.54) is 6.92 Å². The van der Waals surface area contributed by atoms with Gasteiger partial charge in [-0.3, -0.25) is 9.89 Å². The van der Waals surface area contributed by atoms with Gasteiger partial charge in [0.25, 0.3) is 0 Å². The van der Waals surface area contributed by atoms with Crippen LogP contribution in [0.3, 0.4) is 0 Å². The molecule has 2 aromatic heterocycles. The van der Waals surface area contributed by atoms with E-state index >= 15 is 0 Å². The molecule has 0 aromatic carbocycles. The Labute approximate surface area is 117 Å². The van der Waals surface area contributed by atoms with Gasteiger partial charge in [-0.1, -0.05) is 0 Å². The maximum Gasteiger partial charge on any atom is 0.136 e. The van der Waals surface area contributed by atoms with Crippen LogP contribution in [0.4, 0.5) is 0 Å². The molecule has 0 bridgehead atoms. The van der Waals surface area contributed by atoms with Crippen molar-refractivity contribution in [2.24, 2.45) is 5.92 Å². The average Bonchev–Trinajstić information content (AvgIpc) is 2.96. The fourth-order valence-electron chi connectivity index (χ4n) is 3.46. The first-order chi connectivity index (χ1) is 9.42. The fraction of sp³-hybridized carbons (Fsp3) is 0.467. The second-order valence-electron chi connectivity index (χ2n) is 5.82. The number of furan rings is 1. The van der Waals surface area contributed by atoms with E-state index in [4.69, 9.17) is 4.42 Å². The molecule has 0 saturated heterocycles. The summed E-state index contributed by atoms with van der Waals surface area (Å²) in [5.41, 5.74) is 1.58. The van der Waals surface area contributed by atoms with Gasteiger partial charge in [-0.05, 0) is 32.9 Å². The molecule has 20 heavy (non-hydrogen) atoms. The Morgan fingerprint density at radius 2 is 2.35 bits per heavy atom. The lowest BCUT2D eigenvalue weighted by Crippen LogP contribution is -2.48. The van der Waals surface area contributed by atoms with Gasteiger partial charge >= 0.3 is 0 Å². The van der Waals surface area contributed by atoms with E-state index < -0.39 is 11.5 Å². The molecule has 0 saturated carbocycles. The third-order valence-corrected chi connectivity index (χ3v) is 4.20. The molecule has 106 valence electrons. The number of aliphatic hydroxyl groups is 1. The van der Waals surface area contributed by atoms with E-state index in [0.717, 1.165) is 17.0 Å². The zero-order valence-corrected chi connectivity index (χ0v) is 11.8. The predicted octanol–water partition coefficient (Wildman–Crippen LogP) is 1.96. The standard InChI is InChI=1S/C15H18N2O3/c1-8-12-10(17-16-8)7-15(3,19)14(9(2)18)13(12)11-5-4-6-20-11/h4-6,13-14,19H,7H2,1-3H3,(H,16,17)/t13-,14+,15+/m0/s1. The molecule has 0 aliphatic heterocycles. The first-order valence-electron chi connectivity index (χ1n) is 6.72. The molecule has 5 heteroatoms. The maximum atomic E-state index is 12.1. The zero-order chi connectivity index (χ0) is 14.5. The number of nitrogens with zero attached hydrogens (tertiary/aromatic N) is 1. The van der Waals surface area contributed by atoms with Crippen LogP contribution in [0.1, 0.15) is 42.5 Å². The van der Waals surface area contributed by atoms with Crippen LogP contribution in [0, 0.1) is 12.8 Å². The smallest absolute Gasteiger partial charge is 0.136 e. The summed E-state index contributed by atoms with van der Waals surface area (Å²) in [6.07, 6.45) is 1.96. The first-order valence-corrected chi connectivity index (χ1v) is 6.72. The minimum Gasteiger partial charge on any atom is -0.469 e. The topological polar surface area (TPSA) is 79.1 Å². The maximum absolute atomic E-state index is 12.1. The van der Waals surface area contributed by atoms with Gasteiger partial charge in [-0.15, -0.1) is 0 Å². The number of hydrogen-bond donors (Lipinski definition) is 2. The van der Waals surface area contributed by atoms with Crippen molar-refractivity contribution in [1.82, 2.24) is 10.2 Å². The van der Waals surface area contributed by atoms with Crippen LogP contribution in [-0.2, 0) is 11.2 Å². The molecule has 1 aliphatic carbocycles. The Balaban J connectivity index is 2.23. The Morgan fingerprint density at radius 3 is 2.95 bits per heavy atom. The number of aromatic nitrogens is 2. The lowest BCUT2D eigenvalue weighted by Gasteiger charge is -2.40. The Bertz CT molecular complexity index is 640. The van der Waals surface area contributed by atoms with E-state index in [1.807, 2.05) is 13.0 Å². The van der Waals surface area contributed by atoms with Gasteiger partial charge in [-0.25, -0.2) is 0 Å². The monoisotopic (exact) mass is 274 g/mol. The highest BCUT2D eigenvalue weighted by Gasteiger charge is 2.49. The van der Waals surface area contributed by atoms with Gasteiger partial charge in [0.2, 0.25) is 0 Å². The van der Waals surface area contributed by atoms with Crippen molar-refractivity contribution in [2.75, 3.05) is 0 Å². The quantitative estimate of drug-likeness (QED) is 0.877. The Morgan fingerprint density at radius 1 is 1.60 bits per heavy atom. The molecule has 0 spiro atoms. The largest absolute Gasteiger partial charge is 0.469 e. The highest BCUT2D eigenvalue weighted by atomic mass is 16.3. The Kier molecular flexibility index (Phi) is 2.83. The minimum absolute atomic E-state index is 0.0392. The normalized spacial score (nSPS) is 29.2. The molecule has 1 aliphatic rings. The number of Topliss-reactive ketones (excluding diaryl/α,β-unsaturated/α-hetero) is 1. The fourth-order valence-corrected chi connectivity index (χ4v) is 3.46. The zero-order valence-electron chi connectivity index (χ0n) is 11.8. The summed E-state index contributed by atoms with van der Waals surface area (Å²) in [4.78, 5) is 12.1. The molecule has 0 unspecified atom stereocenters. The summed E-state index contributed by atoms with van der Waals surface area (Å²) >= 11 is 0. The molecule has 5 nitrogen and oxygen atoms in total. The number of nitrogens with one attached hydrogen (secondary N) is 1. The summed E-state index contributed by atoms with van der Waals surface area (Å²) in [5, 5.41) is 17.9. The van der Waals surface area contributed by atoms with Gasteiger partial charge in [0.1, 0.15) is 11.5 Å². The van der Waals surface area contributed by atoms with E-state index in [0.29, 0.717) is 12.2 Å². The molecular weight excluding hydrogens is 256 g/mol. The molecule has 3 atom stereocenters. The van der Waals surface area contributed by atoms with Crippen LogP contribution in [0.2, 0.25) is 0 Å². The molecule has 2 N–H and O–H groups in total. The number of fused-ring (bicyclic) bond motifs is 1. The van der Waals surface area contributed by atoms with Gasteiger partial charge in [-0.2, -0.15) is 5.10 Å². The number of ketones is 1. The van der Waals surface area contributed by atoms with Gasteiger partial charge in [0, 0.05) is 17.7 Å². The molecule has 0 fully saturated rings. The molecule has 0 amide bonds. The lowest BCUT2D eigenvalue weighted by molar-refractivity contribution is -0.131. The molecular formula is C15H18N2O3. The number of aromatic amines is 1. The third kappa shape index (κ3) is 1.81. The van der Waals surface area contributed by atoms with Gasteiger partial charge < -0.3 is 9.52 Å². The van der Waals surface area contributed by atoms with Crippen molar-refractivity contribution in [3.63, 3.8) is 0 Å². The predicted molar refractivity (Wildman–Crippen MR) is 72.4 cm³/mol. The number of rotatable bonds is 2. The van der Waals surface area contributed by atoms with Crippen LogP contribution >= 0.6 is 0 Å². The first kappa shape index (κ1) is 13.1. The van der Waals surface area contributed by atoms with Crippen molar-refractivity contribution >= 4 is 5.78 Å². The number of aryl methyl sites for hydroxylation is 1. The van der Waals surface area contributed by atoms with Crippen LogP contribution in [-0.4, -0.2) is 26.7 Å². The van der Waals surface area contributed by atoms with Crippen LogP contribution in [0.15, 0.2) is 22.8 Å². The van der Waals surface area contributed by atoms with Crippen molar-refractivity contribution in [3.05, 3.63) is 41.1 Å². The highest BCUT2D eigenvalue weighted by molar-refractivity contribution is 5.82. The molecule has 0 radical (unpaired) electrons. The van der Waals surface area contributed by atoms with E-state index in [1.54, 1.807) is 19.3 Å². The van der Waals surface area contributed by atoms with Gasteiger partial charge in [0.05, 0.1) is 29.4 Å². The highest BCUT2D eigenvalue weighted by Crippen LogP contribution is 2.46. The van der Waals surface area contributed by atoms with Crippen LogP contribution in [0.5, 0.6) is 0 Å². The van der Waals surface area contributed by atoms with E-state index in [2.05, 4.69) is 10.2 Å². The number of carbonyl (C=O) groups is 1. The van der Waals surface area contributed by atoms with Gasteiger partial charge in [0.15, 0.2) is 0 Å². The number of hydrogen-bond acceptors (Lipinski definition) is 4. The second kappa shape index (κ2) is 4.31. The minimum atomic E-state index is -1.13. The second-order valence-corrected chi connectivity index (χ2v) is 5.82. The van der Waals surface area contributed by atoms with E-state index in [9.17, 15) is 9.90 Å². The van der Waals surface area contributed by atoms with Crippen molar-refractivity contribution in [1.29, 1.82) is 0 Å². The number of carbonyl (C=O) groups excluding carboxylic acids is 1. The van der Waals surface area contributed by atoms with Crippen molar-refractivity contribution in [3.8, 4) is 0 Å². The van der Waals surface area contributed by atoms with Crippen LogP contribution < -0.4 is 0 Å². The summed E-state index contributed by atoms with van der Waals surface area (Å²) in [7, 11) is 0. The third-order valence-electron chi connectivity index (χ3n) is 4.20. The Hall–Kier alpha value is -1.88. The lowest BCUT2D eigenvalue weighted by atomic mass is 9.66. The SMILES string of the molecule is CC(=O)[C@@H]1[C@@H](c2ccco2)c2c(n[nH]c2C)C[C@@]1(C)O. The summed E-state index contributed by atoms with van der Waals surface area (Å²) < 4.78 is 5.52. The summed E-state index contributed by atoms with van der Waals surface area (Å²) in [6, 6.07) is 3.64. The summed E-state index contributed by atoms with van der Waals surface area (Å²) in [5.74, 6) is -0.170. The summed E-state index contributed by atoms with van der Waals surface area (Å²) in [6.45, 7) is 5.15. The van der Waals surface area contributed by atoms with Crippen molar-refractivity contribution < 1.29 is 14.3 Å². The number of H-pyrrole nitrogens is 1. The molecule has 2 heterocycles. The van der Waals surface area contributed by atoms with Crippen LogP contribution in [0.25, 0.3) is 0 Å². The van der Waals surface area contributed by atoms with Crippen molar-refractivity contribution in [2.45, 2.75) is 38.7 Å². The molecule has 2 aromatic rings. The van der Waals surface area contributed by atoms with E-state index in [-0.39, 0.29) is 11.7 Å². The molecule has 3 rings (SSSR count).